The molecular formula is C20H16O4. The lowest BCUT2D eigenvalue weighted by Crippen LogP contribution is -2.16. The van der Waals surface area contributed by atoms with Crippen molar-refractivity contribution in [2.45, 2.75) is 31.3 Å². The van der Waals surface area contributed by atoms with Crippen LogP contribution in [-0.2, 0) is 0 Å². The molecule has 0 heterocycles. The van der Waals surface area contributed by atoms with Crippen molar-refractivity contribution in [3.63, 3.8) is 0 Å². The van der Waals surface area contributed by atoms with Crippen LogP contribution in [0.1, 0.15) is 63.9 Å². The normalized spacial score (nSPS) is 23.8. The van der Waals surface area contributed by atoms with Crippen LogP contribution in [0, 0.1) is 0 Å². The van der Waals surface area contributed by atoms with E-state index in [-0.39, 0.29) is 23.2 Å². The number of Topliss-reactive ketones (excluding diaryl/α,β-unsaturated/α-hetero) is 1. The zero-order valence-electron chi connectivity index (χ0n) is 12.9. The molecule has 3 aliphatic rings. The van der Waals surface area contributed by atoms with E-state index >= 15 is 0 Å². The number of aliphatic hydroxyl groups excluding tert-OH is 1. The number of phenols is 2. The molecule has 3 aliphatic carbocycles. The molecule has 4 heteroatoms. The van der Waals surface area contributed by atoms with E-state index in [1.165, 1.54) is 0 Å². The molecule has 0 saturated heterocycles. The molecule has 0 saturated carbocycles. The molecule has 2 unspecified atom stereocenters. The number of carbonyl (C=O) groups is 1. The second-order valence-electron chi connectivity index (χ2n) is 6.79. The van der Waals surface area contributed by atoms with Crippen molar-refractivity contribution < 1.29 is 20.1 Å². The van der Waals surface area contributed by atoms with E-state index in [2.05, 4.69) is 0 Å². The van der Waals surface area contributed by atoms with E-state index in [1.54, 1.807) is 18.2 Å². The molecule has 120 valence electrons. The molecule has 0 spiro atoms. The highest BCUT2D eigenvalue weighted by molar-refractivity contribution is 6.14. The first kappa shape index (κ1) is 13.8. The van der Waals surface area contributed by atoms with Gasteiger partial charge in [0.1, 0.15) is 11.5 Å². The topological polar surface area (TPSA) is 77.8 Å². The average Bonchev–Trinajstić information content (AvgIpc) is 2.87. The fourth-order valence-corrected chi connectivity index (χ4v) is 4.68. The van der Waals surface area contributed by atoms with Gasteiger partial charge in [0.25, 0.3) is 0 Å². The van der Waals surface area contributed by atoms with Gasteiger partial charge in [-0.1, -0.05) is 18.2 Å². The predicted molar refractivity (Wildman–Crippen MR) is 88.9 cm³/mol. The number of ketones is 1. The van der Waals surface area contributed by atoms with E-state index in [4.69, 9.17) is 0 Å². The highest BCUT2D eigenvalue weighted by atomic mass is 16.3. The molecule has 4 nitrogen and oxygen atoms in total. The summed E-state index contributed by atoms with van der Waals surface area (Å²) in [4.78, 5) is 12.6. The monoisotopic (exact) mass is 320 g/mol. The van der Waals surface area contributed by atoms with Crippen LogP contribution in [-0.4, -0.2) is 21.1 Å². The van der Waals surface area contributed by atoms with Crippen molar-refractivity contribution in [3.8, 4) is 11.5 Å². The van der Waals surface area contributed by atoms with Crippen molar-refractivity contribution in [2.75, 3.05) is 0 Å². The largest absolute Gasteiger partial charge is 0.508 e. The SMILES string of the molecule is O=C1CC2C(=C3CCC(O)c4c(O)ccc2c43)c2cccc(O)c21. The van der Waals surface area contributed by atoms with Crippen LogP contribution in [0.25, 0.3) is 11.1 Å². The van der Waals surface area contributed by atoms with E-state index in [0.29, 0.717) is 30.4 Å². The predicted octanol–water partition coefficient (Wildman–Crippen LogP) is 3.52. The number of phenolic OH excluding ortho intramolecular Hbond substituents is 2. The van der Waals surface area contributed by atoms with Crippen molar-refractivity contribution >= 4 is 16.9 Å². The van der Waals surface area contributed by atoms with Gasteiger partial charge in [-0.2, -0.15) is 0 Å². The molecule has 5 rings (SSSR count). The summed E-state index contributed by atoms with van der Waals surface area (Å²) in [6.07, 6.45) is 0.900. The molecule has 2 aromatic rings. The third kappa shape index (κ3) is 1.54. The highest BCUT2D eigenvalue weighted by Gasteiger charge is 2.43. The van der Waals surface area contributed by atoms with Crippen LogP contribution in [0.2, 0.25) is 0 Å². The van der Waals surface area contributed by atoms with E-state index in [0.717, 1.165) is 27.8 Å². The van der Waals surface area contributed by atoms with Gasteiger partial charge in [-0.15, -0.1) is 0 Å². The Morgan fingerprint density at radius 1 is 1.00 bits per heavy atom. The van der Waals surface area contributed by atoms with Gasteiger partial charge in [0.05, 0.1) is 11.7 Å². The molecule has 0 radical (unpaired) electrons. The van der Waals surface area contributed by atoms with Gasteiger partial charge in [0.15, 0.2) is 5.78 Å². The van der Waals surface area contributed by atoms with Gasteiger partial charge in [-0.25, -0.2) is 0 Å². The summed E-state index contributed by atoms with van der Waals surface area (Å²) in [5, 5.41) is 30.7. The molecule has 2 aromatic carbocycles. The maximum atomic E-state index is 12.6. The molecule has 0 aliphatic heterocycles. The molecule has 2 atom stereocenters. The minimum Gasteiger partial charge on any atom is -0.508 e. The number of rotatable bonds is 0. The quantitative estimate of drug-likeness (QED) is 0.694. The van der Waals surface area contributed by atoms with Gasteiger partial charge in [0.2, 0.25) is 0 Å². The Labute approximate surface area is 138 Å². The van der Waals surface area contributed by atoms with Crippen molar-refractivity contribution in [3.05, 3.63) is 58.1 Å². The first-order valence-corrected chi connectivity index (χ1v) is 8.20. The fourth-order valence-electron chi connectivity index (χ4n) is 4.68. The molecular weight excluding hydrogens is 304 g/mol. The van der Waals surface area contributed by atoms with Crippen LogP contribution in [0.15, 0.2) is 30.3 Å². The third-order valence-corrected chi connectivity index (χ3v) is 5.61. The summed E-state index contributed by atoms with van der Waals surface area (Å²) < 4.78 is 0. The number of aromatic hydroxyl groups is 2. The van der Waals surface area contributed by atoms with Gasteiger partial charge in [-0.3, -0.25) is 4.79 Å². The molecule has 0 fully saturated rings. The van der Waals surface area contributed by atoms with Gasteiger partial charge < -0.3 is 15.3 Å². The van der Waals surface area contributed by atoms with E-state index in [9.17, 15) is 20.1 Å². The molecule has 0 bridgehead atoms. The Bertz CT molecular complexity index is 954. The molecule has 0 amide bonds. The fraction of sp³-hybridized carbons (Fsp3) is 0.250. The summed E-state index contributed by atoms with van der Waals surface area (Å²) >= 11 is 0. The Morgan fingerprint density at radius 2 is 1.83 bits per heavy atom. The van der Waals surface area contributed by atoms with Crippen molar-refractivity contribution in [1.82, 2.24) is 0 Å². The summed E-state index contributed by atoms with van der Waals surface area (Å²) in [6, 6.07) is 8.68. The van der Waals surface area contributed by atoms with Gasteiger partial charge in [-0.05, 0) is 52.8 Å². The lowest BCUT2D eigenvalue weighted by atomic mass is 9.77. The third-order valence-electron chi connectivity index (χ3n) is 5.61. The van der Waals surface area contributed by atoms with Gasteiger partial charge in [0, 0.05) is 17.9 Å². The highest BCUT2D eigenvalue weighted by Crippen LogP contribution is 2.59. The Kier molecular flexibility index (Phi) is 2.58. The van der Waals surface area contributed by atoms with Crippen LogP contribution in [0.4, 0.5) is 0 Å². The van der Waals surface area contributed by atoms with Crippen LogP contribution >= 0.6 is 0 Å². The van der Waals surface area contributed by atoms with E-state index < -0.39 is 6.10 Å². The van der Waals surface area contributed by atoms with Crippen LogP contribution < -0.4 is 0 Å². The van der Waals surface area contributed by atoms with E-state index in [1.807, 2.05) is 12.1 Å². The van der Waals surface area contributed by atoms with Crippen LogP contribution in [0.3, 0.4) is 0 Å². The Hall–Kier alpha value is -2.59. The number of aliphatic hydroxyl groups is 1. The lowest BCUT2D eigenvalue weighted by molar-refractivity contribution is 0.0973. The first-order valence-electron chi connectivity index (χ1n) is 8.20. The van der Waals surface area contributed by atoms with Crippen molar-refractivity contribution in [2.24, 2.45) is 0 Å². The number of hydrogen-bond acceptors (Lipinski definition) is 4. The Morgan fingerprint density at radius 3 is 2.67 bits per heavy atom. The standard InChI is InChI=1S/C20H16O4/c21-13-3-1-2-10-17-11-5-7-15(23)20-14(22)6-4-9(18(11)20)12(17)8-16(24)19(10)13/h1-4,6,12,15,21-23H,5,7-8H2. The number of benzene rings is 2. The number of hydrogen-bond donors (Lipinski definition) is 3. The second kappa shape index (κ2) is 4.48. The first-order chi connectivity index (χ1) is 11.6. The minimum absolute atomic E-state index is 0.0268. The zero-order chi connectivity index (χ0) is 16.6. The molecule has 0 aromatic heterocycles. The van der Waals surface area contributed by atoms with Gasteiger partial charge >= 0.3 is 0 Å². The summed E-state index contributed by atoms with van der Waals surface area (Å²) in [7, 11) is 0. The molecule has 3 N–H and O–H groups in total. The van der Waals surface area contributed by atoms with Crippen molar-refractivity contribution in [1.29, 1.82) is 0 Å². The summed E-state index contributed by atoms with van der Waals surface area (Å²) in [5.74, 6) is 0.0268. The maximum Gasteiger partial charge on any atom is 0.168 e. The van der Waals surface area contributed by atoms with Crippen LogP contribution in [0.5, 0.6) is 11.5 Å². The second-order valence-corrected chi connectivity index (χ2v) is 6.79. The minimum atomic E-state index is -0.677. The molecule has 24 heavy (non-hydrogen) atoms. The smallest absolute Gasteiger partial charge is 0.168 e. The summed E-state index contributed by atoms with van der Waals surface area (Å²) in [5.41, 5.74) is 5.89. The lowest BCUT2D eigenvalue weighted by Gasteiger charge is -2.25. The number of allylic oxidation sites excluding steroid dienone is 2. The number of carbonyl (C=O) groups excluding carboxylic acids is 1. The maximum absolute atomic E-state index is 12.6. The summed E-state index contributed by atoms with van der Waals surface area (Å²) in [6.45, 7) is 0. The Balaban J connectivity index is 1.87. The zero-order valence-corrected chi connectivity index (χ0v) is 12.9. The number of fused-ring (bicyclic) bond motifs is 4. The average molecular weight is 320 g/mol.